The first-order valence-corrected chi connectivity index (χ1v) is 11.2. The normalized spacial score (nSPS) is 11.8. The molecular formula is C22H25ClN4O3S. The van der Waals surface area contributed by atoms with Crippen LogP contribution < -0.4 is 14.8 Å². The van der Waals surface area contributed by atoms with Crippen molar-refractivity contribution in [1.29, 1.82) is 0 Å². The van der Waals surface area contributed by atoms with Gasteiger partial charge >= 0.3 is 0 Å². The molecule has 1 atom stereocenters. The van der Waals surface area contributed by atoms with E-state index in [2.05, 4.69) is 15.5 Å². The van der Waals surface area contributed by atoms with Crippen LogP contribution in [-0.4, -0.2) is 33.5 Å². The zero-order chi connectivity index (χ0) is 22.4. The summed E-state index contributed by atoms with van der Waals surface area (Å²) in [5.74, 6) is 2.28. The number of nitrogens with zero attached hydrogens (tertiary/aromatic N) is 3. The van der Waals surface area contributed by atoms with E-state index >= 15 is 0 Å². The second kappa shape index (κ2) is 10.5. The molecule has 1 heterocycles. The number of halogens is 1. The average molecular weight is 461 g/mol. The van der Waals surface area contributed by atoms with E-state index in [1.54, 1.807) is 19.2 Å². The first kappa shape index (κ1) is 23.0. The molecule has 1 amide bonds. The highest BCUT2D eigenvalue weighted by Gasteiger charge is 2.19. The van der Waals surface area contributed by atoms with Gasteiger partial charge in [0.15, 0.2) is 17.1 Å². The Kier molecular flexibility index (Phi) is 7.81. The SMILES string of the molecule is CCn1c(SCC(=O)Nc2ccc(Cl)cc2C)nnc1C(C)Oc1ccc(OC)cc1. The number of nitrogens with one attached hydrogen (secondary N) is 1. The van der Waals surface area contributed by atoms with Gasteiger partial charge in [-0.15, -0.1) is 10.2 Å². The summed E-state index contributed by atoms with van der Waals surface area (Å²) < 4.78 is 13.1. The summed E-state index contributed by atoms with van der Waals surface area (Å²) in [6.45, 7) is 6.50. The third kappa shape index (κ3) is 5.92. The fraction of sp³-hybridized carbons (Fsp3) is 0.318. The van der Waals surface area contributed by atoms with Gasteiger partial charge in [-0.3, -0.25) is 4.79 Å². The van der Waals surface area contributed by atoms with Crippen LogP contribution in [0.1, 0.15) is 31.3 Å². The van der Waals surface area contributed by atoms with Crippen molar-refractivity contribution in [2.24, 2.45) is 0 Å². The minimum absolute atomic E-state index is 0.120. The lowest BCUT2D eigenvalue weighted by molar-refractivity contribution is -0.113. The molecule has 2 aromatic carbocycles. The Morgan fingerprint density at radius 2 is 1.90 bits per heavy atom. The molecule has 1 aromatic heterocycles. The fourth-order valence-electron chi connectivity index (χ4n) is 3.00. The van der Waals surface area contributed by atoms with Crippen molar-refractivity contribution in [3.8, 4) is 11.5 Å². The number of carbonyl (C=O) groups is 1. The molecule has 31 heavy (non-hydrogen) atoms. The minimum atomic E-state index is -0.305. The van der Waals surface area contributed by atoms with E-state index in [4.69, 9.17) is 21.1 Å². The van der Waals surface area contributed by atoms with Crippen LogP contribution >= 0.6 is 23.4 Å². The molecule has 164 valence electrons. The third-order valence-corrected chi connectivity index (χ3v) is 5.79. The molecule has 0 aliphatic rings. The largest absolute Gasteiger partial charge is 0.497 e. The lowest BCUT2D eigenvalue weighted by Gasteiger charge is -2.16. The lowest BCUT2D eigenvalue weighted by Crippen LogP contribution is -2.16. The van der Waals surface area contributed by atoms with E-state index in [-0.39, 0.29) is 17.8 Å². The summed E-state index contributed by atoms with van der Waals surface area (Å²) in [5.41, 5.74) is 1.66. The summed E-state index contributed by atoms with van der Waals surface area (Å²) in [4.78, 5) is 12.4. The molecule has 7 nitrogen and oxygen atoms in total. The fourth-order valence-corrected chi connectivity index (χ4v) is 4.04. The van der Waals surface area contributed by atoms with Crippen molar-refractivity contribution < 1.29 is 14.3 Å². The second-order valence-corrected chi connectivity index (χ2v) is 8.20. The highest BCUT2D eigenvalue weighted by Crippen LogP contribution is 2.26. The molecule has 0 radical (unpaired) electrons. The van der Waals surface area contributed by atoms with E-state index in [0.717, 1.165) is 17.0 Å². The quantitative estimate of drug-likeness (QED) is 0.445. The molecule has 1 unspecified atom stereocenters. The van der Waals surface area contributed by atoms with Crippen LogP contribution in [0.15, 0.2) is 47.6 Å². The highest BCUT2D eigenvalue weighted by molar-refractivity contribution is 7.99. The number of methoxy groups -OCH3 is 1. The van der Waals surface area contributed by atoms with Gasteiger partial charge in [0.05, 0.1) is 12.9 Å². The van der Waals surface area contributed by atoms with Gasteiger partial charge in [0.1, 0.15) is 11.5 Å². The van der Waals surface area contributed by atoms with Crippen molar-refractivity contribution in [2.45, 2.75) is 38.6 Å². The monoisotopic (exact) mass is 460 g/mol. The maximum Gasteiger partial charge on any atom is 0.234 e. The summed E-state index contributed by atoms with van der Waals surface area (Å²) in [6, 6.07) is 12.7. The number of aryl methyl sites for hydroxylation is 1. The molecular weight excluding hydrogens is 436 g/mol. The smallest absolute Gasteiger partial charge is 0.234 e. The van der Waals surface area contributed by atoms with Gasteiger partial charge in [-0.2, -0.15) is 0 Å². The Hall–Kier alpha value is -2.71. The van der Waals surface area contributed by atoms with Crippen molar-refractivity contribution in [3.63, 3.8) is 0 Å². The predicted octanol–water partition coefficient (Wildman–Crippen LogP) is 5.14. The molecule has 1 N–H and O–H groups in total. The Morgan fingerprint density at radius 1 is 1.19 bits per heavy atom. The number of hydrogen-bond acceptors (Lipinski definition) is 6. The van der Waals surface area contributed by atoms with Crippen molar-refractivity contribution in [3.05, 3.63) is 58.9 Å². The highest BCUT2D eigenvalue weighted by atomic mass is 35.5. The van der Waals surface area contributed by atoms with E-state index < -0.39 is 0 Å². The predicted molar refractivity (Wildman–Crippen MR) is 123 cm³/mol. The van der Waals surface area contributed by atoms with Crippen molar-refractivity contribution >= 4 is 35.0 Å². The van der Waals surface area contributed by atoms with Crippen LogP contribution in [0.3, 0.4) is 0 Å². The van der Waals surface area contributed by atoms with Crippen LogP contribution in [0.25, 0.3) is 0 Å². The van der Waals surface area contributed by atoms with Crippen LogP contribution in [-0.2, 0) is 11.3 Å². The summed E-state index contributed by atoms with van der Waals surface area (Å²) >= 11 is 7.31. The van der Waals surface area contributed by atoms with E-state index in [1.165, 1.54) is 11.8 Å². The molecule has 0 saturated carbocycles. The van der Waals surface area contributed by atoms with Crippen molar-refractivity contribution in [2.75, 3.05) is 18.2 Å². The van der Waals surface area contributed by atoms with E-state index in [9.17, 15) is 4.79 Å². The van der Waals surface area contributed by atoms with Crippen LogP contribution in [0.2, 0.25) is 5.02 Å². The Balaban J connectivity index is 1.62. The molecule has 3 rings (SSSR count). The number of hydrogen-bond donors (Lipinski definition) is 1. The van der Waals surface area contributed by atoms with E-state index in [1.807, 2.05) is 55.7 Å². The Labute approximate surface area is 191 Å². The molecule has 9 heteroatoms. The number of ether oxygens (including phenoxy) is 2. The van der Waals surface area contributed by atoms with Crippen LogP contribution in [0.5, 0.6) is 11.5 Å². The second-order valence-electron chi connectivity index (χ2n) is 6.82. The third-order valence-electron chi connectivity index (χ3n) is 4.59. The van der Waals surface area contributed by atoms with Gasteiger partial charge in [-0.1, -0.05) is 23.4 Å². The number of anilines is 1. The molecule has 0 aliphatic carbocycles. The summed E-state index contributed by atoms with van der Waals surface area (Å²) in [5, 5.41) is 12.8. The first-order chi connectivity index (χ1) is 14.9. The topological polar surface area (TPSA) is 78.3 Å². The molecule has 0 spiro atoms. The van der Waals surface area contributed by atoms with Gasteiger partial charge in [0.25, 0.3) is 0 Å². The molecule has 0 bridgehead atoms. The first-order valence-electron chi connectivity index (χ1n) is 9.83. The Bertz CT molecular complexity index is 1040. The van der Waals surface area contributed by atoms with Gasteiger partial charge in [-0.05, 0) is 68.8 Å². The lowest BCUT2D eigenvalue weighted by atomic mass is 10.2. The van der Waals surface area contributed by atoms with Gasteiger partial charge in [0.2, 0.25) is 5.91 Å². The van der Waals surface area contributed by atoms with Crippen molar-refractivity contribution in [1.82, 2.24) is 14.8 Å². The maximum absolute atomic E-state index is 12.4. The minimum Gasteiger partial charge on any atom is -0.497 e. The van der Waals surface area contributed by atoms with Crippen LogP contribution in [0, 0.1) is 6.92 Å². The molecule has 0 aliphatic heterocycles. The maximum atomic E-state index is 12.4. The van der Waals surface area contributed by atoms with Gasteiger partial charge in [0, 0.05) is 17.3 Å². The number of carbonyl (C=O) groups excluding carboxylic acids is 1. The summed E-state index contributed by atoms with van der Waals surface area (Å²) in [7, 11) is 1.62. The zero-order valence-corrected chi connectivity index (χ0v) is 19.5. The number of rotatable bonds is 9. The summed E-state index contributed by atoms with van der Waals surface area (Å²) in [6.07, 6.45) is -0.305. The zero-order valence-electron chi connectivity index (χ0n) is 17.9. The number of benzene rings is 2. The van der Waals surface area contributed by atoms with Gasteiger partial charge < -0.3 is 19.4 Å². The van der Waals surface area contributed by atoms with Crippen LogP contribution in [0.4, 0.5) is 5.69 Å². The number of amides is 1. The number of thioether (sulfide) groups is 1. The molecule has 3 aromatic rings. The van der Waals surface area contributed by atoms with E-state index in [0.29, 0.717) is 28.3 Å². The molecule has 0 fully saturated rings. The number of aromatic nitrogens is 3. The van der Waals surface area contributed by atoms with Gasteiger partial charge in [-0.25, -0.2) is 0 Å². The standard InChI is InChI=1S/C22H25ClN4O3S/c1-5-27-21(15(3)30-18-9-7-17(29-4)8-10-18)25-26-22(27)31-13-20(28)24-19-11-6-16(23)12-14(19)2/h6-12,15H,5,13H2,1-4H3,(H,24,28). The average Bonchev–Trinajstić information content (AvgIpc) is 3.18. The Morgan fingerprint density at radius 3 is 2.55 bits per heavy atom. The molecule has 0 saturated heterocycles.